The van der Waals surface area contributed by atoms with E-state index in [-0.39, 0.29) is 17.5 Å². The fourth-order valence-corrected chi connectivity index (χ4v) is 2.34. The fourth-order valence-electron chi connectivity index (χ4n) is 2.34. The van der Waals surface area contributed by atoms with Crippen LogP contribution in [-0.2, 0) is 20.1 Å². The van der Waals surface area contributed by atoms with Crippen molar-refractivity contribution >= 4 is 11.8 Å². The second-order valence-corrected chi connectivity index (χ2v) is 5.61. The molecule has 0 unspecified atom stereocenters. The van der Waals surface area contributed by atoms with Crippen LogP contribution in [0.4, 0.5) is 0 Å². The molecule has 26 heavy (non-hydrogen) atoms. The zero-order valence-electron chi connectivity index (χ0n) is 14.2. The number of aromatic nitrogens is 4. The third kappa shape index (κ3) is 4.29. The molecule has 3 aromatic heterocycles. The number of rotatable bonds is 6. The molecular formula is C18H18N6O2. The van der Waals surface area contributed by atoms with Crippen molar-refractivity contribution in [2.24, 2.45) is 7.05 Å². The maximum Gasteiger partial charge on any atom is 0.272 e. The van der Waals surface area contributed by atoms with E-state index < -0.39 is 0 Å². The second kappa shape index (κ2) is 8.02. The van der Waals surface area contributed by atoms with Gasteiger partial charge in [-0.3, -0.25) is 24.2 Å². The molecule has 0 aromatic carbocycles. The Bertz CT molecular complexity index is 893. The summed E-state index contributed by atoms with van der Waals surface area (Å²) in [5, 5.41) is 9.69. The van der Waals surface area contributed by atoms with Gasteiger partial charge in [0.15, 0.2) is 5.69 Å². The molecule has 0 saturated carbocycles. The summed E-state index contributed by atoms with van der Waals surface area (Å²) in [5.41, 5.74) is 2.37. The minimum atomic E-state index is -0.342. The Kier molecular flexibility index (Phi) is 5.33. The Morgan fingerprint density at radius 1 is 0.885 bits per heavy atom. The van der Waals surface area contributed by atoms with E-state index in [2.05, 4.69) is 25.7 Å². The molecule has 0 atom stereocenters. The average molecular weight is 350 g/mol. The lowest BCUT2D eigenvalue weighted by molar-refractivity contribution is 0.0935. The van der Waals surface area contributed by atoms with Gasteiger partial charge in [-0.1, -0.05) is 0 Å². The Morgan fingerprint density at radius 2 is 1.38 bits per heavy atom. The van der Waals surface area contributed by atoms with Gasteiger partial charge in [-0.05, 0) is 35.4 Å². The summed E-state index contributed by atoms with van der Waals surface area (Å²) >= 11 is 0. The van der Waals surface area contributed by atoms with Crippen LogP contribution in [0.15, 0.2) is 55.1 Å². The number of pyridine rings is 2. The molecule has 0 saturated heterocycles. The molecule has 2 N–H and O–H groups in total. The monoisotopic (exact) mass is 350 g/mol. The molecule has 132 valence electrons. The molecule has 0 radical (unpaired) electrons. The summed E-state index contributed by atoms with van der Waals surface area (Å²) in [4.78, 5) is 32.4. The van der Waals surface area contributed by atoms with E-state index >= 15 is 0 Å². The molecule has 0 spiro atoms. The van der Waals surface area contributed by atoms with Crippen LogP contribution in [0.3, 0.4) is 0 Å². The van der Waals surface area contributed by atoms with Crippen molar-refractivity contribution in [3.8, 4) is 0 Å². The second-order valence-electron chi connectivity index (χ2n) is 5.61. The number of aryl methyl sites for hydroxylation is 1. The minimum absolute atomic E-state index is 0.190. The van der Waals surface area contributed by atoms with Crippen LogP contribution < -0.4 is 10.6 Å². The molecule has 3 aromatic rings. The van der Waals surface area contributed by atoms with E-state index in [9.17, 15) is 9.59 Å². The molecular weight excluding hydrogens is 332 g/mol. The SMILES string of the molecule is Cn1nc(C(=O)NCc2ccncc2)cc1C(=O)NCc1ccncc1. The Labute approximate surface area is 150 Å². The zero-order valence-corrected chi connectivity index (χ0v) is 14.2. The first-order chi connectivity index (χ1) is 12.6. The minimum Gasteiger partial charge on any atom is -0.347 e. The van der Waals surface area contributed by atoms with Crippen LogP contribution in [0.5, 0.6) is 0 Å². The van der Waals surface area contributed by atoms with Gasteiger partial charge < -0.3 is 10.6 Å². The molecule has 8 nitrogen and oxygen atoms in total. The van der Waals surface area contributed by atoms with Crippen LogP contribution in [0, 0.1) is 0 Å². The largest absolute Gasteiger partial charge is 0.347 e. The highest BCUT2D eigenvalue weighted by atomic mass is 16.2. The quantitative estimate of drug-likeness (QED) is 0.692. The maximum absolute atomic E-state index is 12.3. The number of nitrogens with one attached hydrogen (secondary N) is 2. The normalized spacial score (nSPS) is 10.3. The molecule has 0 bridgehead atoms. The van der Waals surface area contributed by atoms with E-state index in [0.29, 0.717) is 18.8 Å². The molecule has 8 heteroatoms. The first-order valence-corrected chi connectivity index (χ1v) is 8.02. The molecule has 2 amide bonds. The number of nitrogens with zero attached hydrogens (tertiary/aromatic N) is 4. The number of carbonyl (C=O) groups is 2. The number of hydrogen-bond acceptors (Lipinski definition) is 5. The summed E-state index contributed by atoms with van der Waals surface area (Å²) in [6, 6.07) is 8.75. The van der Waals surface area contributed by atoms with Gasteiger partial charge in [0, 0.05) is 51.0 Å². The van der Waals surface area contributed by atoms with Crippen molar-refractivity contribution in [1.82, 2.24) is 30.4 Å². The average Bonchev–Trinajstić information content (AvgIpc) is 3.08. The summed E-state index contributed by atoms with van der Waals surface area (Å²) in [7, 11) is 1.63. The van der Waals surface area contributed by atoms with E-state index in [1.54, 1.807) is 31.8 Å². The fraction of sp³-hybridized carbons (Fsp3) is 0.167. The predicted octanol–water partition coefficient (Wildman–Crippen LogP) is 1.07. The van der Waals surface area contributed by atoms with Gasteiger partial charge in [-0.2, -0.15) is 5.10 Å². The van der Waals surface area contributed by atoms with Gasteiger partial charge in [0.25, 0.3) is 11.8 Å². The van der Waals surface area contributed by atoms with Crippen molar-refractivity contribution in [3.05, 3.63) is 77.6 Å². The Morgan fingerprint density at radius 3 is 1.92 bits per heavy atom. The molecule has 0 aliphatic heterocycles. The van der Waals surface area contributed by atoms with Crippen molar-refractivity contribution < 1.29 is 9.59 Å². The highest BCUT2D eigenvalue weighted by molar-refractivity contribution is 5.97. The van der Waals surface area contributed by atoms with Gasteiger partial charge in [-0.25, -0.2) is 0 Å². The summed E-state index contributed by atoms with van der Waals surface area (Å²) < 4.78 is 1.39. The van der Waals surface area contributed by atoms with Crippen LogP contribution in [0.1, 0.15) is 32.1 Å². The lowest BCUT2D eigenvalue weighted by Gasteiger charge is -2.04. The highest BCUT2D eigenvalue weighted by Gasteiger charge is 2.17. The van der Waals surface area contributed by atoms with Gasteiger partial charge in [0.2, 0.25) is 0 Å². The topological polar surface area (TPSA) is 102 Å². The molecule has 0 aliphatic rings. The van der Waals surface area contributed by atoms with E-state index in [0.717, 1.165) is 11.1 Å². The smallest absolute Gasteiger partial charge is 0.272 e. The van der Waals surface area contributed by atoms with Crippen LogP contribution in [0.2, 0.25) is 0 Å². The van der Waals surface area contributed by atoms with Crippen molar-refractivity contribution in [3.63, 3.8) is 0 Å². The maximum atomic E-state index is 12.3. The summed E-state index contributed by atoms with van der Waals surface area (Å²) in [5.74, 6) is -0.643. The standard InChI is InChI=1S/C18H18N6O2/c1-24-16(18(26)22-12-14-4-8-20-9-5-14)10-15(23-24)17(25)21-11-13-2-6-19-7-3-13/h2-10H,11-12H2,1H3,(H,21,25)(H,22,26). The zero-order chi connectivity index (χ0) is 18.4. The van der Waals surface area contributed by atoms with E-state index in [1.807, 2.05) is 24.3 Å². The van der Waals surface area contributed by atoms with E-state index in [1.165, 1.54) is 10.7 Å². The van der Waals surface area contributed by atoms with Crippen molar-refractivity contribution in [1.29, 1.82) is 0 Å². The summed E-state index contributed by atoms with van der Waals surface area (Å²) in [6.07, 6.45) is 6.65. The van der Waals surface area contributed by atoms with Crippen LogP contribution in [0.25, 0.3) is 0 Å². The van der Waals surface area contributed by atoms with E-state index in [4.69, 9.17) is 0 Å². The van der Waals surface area contributed by atoms with Gasteiger partial charge >= 0.3 is 0 Å². The third-order valence-corrected chi connectivity index (χ3v) is 3.75. The highest BCUT2D eigenvalue weighted by Crippen LogP contribution is 2.05. The van der Waals surface area contributed by atoms with Gasteiger partial charge in [0.05, 0.1) is 0 Å². The number of hydrogen-bond donors (Lipinski definition) is 2. The van der Waals surface area contributed by atoms with Gasteiger partial charge in [-0.15, -0.1) is 0 Å². The van der Waals surface area contributed by atoms with Gasteiger partial charge in [0.1, 0.15) is 5.69 Å². The van der Waals surface area contributed by atoms with Crippen molar-refractivity contribution in [2.75, 3.05) is 0 Å². The lowest BCUT2D eigenvalue weighted by atomic mass is 10.2. The summed E-state index contributed by atoms with van der Waals surface area (Å²) in [6.45, 7) is 0.734. The molecule has 0 aliphatic carbocycles. The predicted molar refractivity (Wildman–Crippen MR) is 94.0 cm³/mol. The molecule has 3 heterocycles. The molecule has 0 fully saturated rings. The lowest BCUT2D eigenvalue weighted by Crippen LogP contribution is -2.25. The van der Waals surface area contributed by atoms with Crippen LogP contribution >= 0.6 is 0 Å². The third-order valence-electron chi connectivity index (χ3n) is 3.75. The number of amides is 2. The Hall–Kier alpha value is -3.55. The first kappa shape index (κ1) is 17.3. The Balaban J connectivity index is 1.60. The first-order valence-electron chi connectivity index (χ1n) is 8.02. The van der Waals surface area contributed by atoms with Crippen molar-refractivity contribution in [2.45, 2.75) is 13.1 Å². The molecule has 3 rings (SSSR count). The van der Waals surface area contributed by atoms with Crippen LogP contribution in [-0.4, -0.2) is 31.6 Å². The number of carbonyl (C=O) groups excluding carboxylic acids is 2.